The van der Waals surface area contributed by atoms with Crippen LogP contribution in [-0.2, 0) is 19.3 Å². The molecule has 44 heavy (non-hydrogen) atoms. The molecular weight excluding hydrogens is 556 g/mol. The van der Waals surface area contributed by atoms with E-state index in [1.807, 2.05) is 79.7 Å². The zero-order valence-corrected chi connectivity index (χ0v) is 25.0. The summed E-state index contributed by atoms with van der Waals surface area (Å²) in [7, 11) is 0. The molecule has 2 atom stereocenters. The van der Waals surface area contributed by atoms with E-state index in [1.165, 1.54) is 0 Å². The molecule has 0 bridgehead atoms. The molecule has 0 saturated heterocycles. The number of H-pyrrole nitrogens is 1. The van der Waals surface area contributed by atoms with Crippen molar-refractivity contribution >= 4 is 0 Å². The van der Waals surface area contributed by atoms with E-state index in [1.54, 1.807) is 4.57 Å². The second kappa shape index (κ2) is 12.9. The summed E-state index contributed by atoms with van der Waals surface area (Å²) in [5.41, 5.74) is 5.84. The van der Waals surface area contributed by atoms with Crippen molar-refractivity contribution < 1.29 is 14.4 Å². The van der Waals surface area contributed by atoms with Crippen molar-refractivity contribution in [3.8, 4) is 34.0 Å². The normalized spacial score (nSPS) is 16.3. The van der Waals surface area contributed by atoms with Crippen LogP contribution < -0.4 is 16.1 Å². The summed E-state index contributed by atoms with van der Waals surface area (Å²) in [6.07, 6.45) is 4.63. The highest BCUT2D eigenvalue weighted by molar-refractivity contribution is 5.80. The average Bonchev–Trinajstić information content (AvgIpc) is 3.67. The molecule has 0 spiro atoms. The Bertz CT molecular complexity index is 1850. The second-order valence-corrected chi connectivity index (χ2v) is 11.3. The number of benzene rings is 3. The Morgan fingerprint density at radius 2 is 1.73 bits per heavy atom. The predicted octanol–water partition coefficient (Wildman–Crippen LogP) is 5.64. The third-order valence-electron chi connectivity index (χ3n) is 8.16. The van der Waals surface area contributed by atoms with Gasteiger partial charge in [0.15, 0.2) is 5.82 Å². The maximum Gasteiger partial charge on any atom is 0.439 e. The van der Waals surface area contributed by atoms with Crippen molar-refractivity contribution in [3.63, 3.8) is 0 Å². The highest BCUT2D eigenvalue weighted by Crippen LogP contribution is 2.30. The van der Waals surface area contributed by atoms with E-state index >= 15 is 0 Å². The van der Waals surface area contributed by atoms with Crippen LogP contribution in [0.1, 0.15) is 62.2 Å². The van der Waals surface area contributed by atoms with Gasteiger partial charge in [-0.3, -0.25) is 18.9 Å². The maximum absolute atomic E-state index is 14.2. The first-order valence-corrected chi connectivity index (χ1v) is 15.3. The number of rotatable bonds is 10. The predicted molar refractivity (Wildman–Crippen MR) is 168 cm³/mol. The lowest BCUT2D eigenvalue weighted by Gasteiger charge is -2.18. The number of hydrogen-bond donors (Lipinski definition) is 2. The van der Waals surface area contributed by atoms with Crippen molar-refractivity contribution in [1.82, 2.24) is 19.7 Å². The monoisotopic (exact) mass is 592 g/mol. The molecule has 226 valence electrons. The van der Waals surface area contributed by atoms with Gasteiger partial charge in [-0.05, 0) is 60.2 Å². The molecule has 6 rings (SSSR count). The van der Waals surface area contributed by atoms with Crippen molar-refractivity contribution in [2.24, 2.45) is 0 Å². The van der Waals surface area contributed by atoms with Crippen LogP contribution in [0, 0.1) is 0 Å². The Hall–Kier alpha value is -4.76. The molecule has 0 amide bonds. The lowest BCUT2D eigenvalue weighted by atomic mass is 9.96. The smallest absolute Gasteiger partial charge is 0.439 e. The zero-order valence-electron chi connectivity index (χ0n) is 25.0. The van der Waals surface area contributed by atoms with E-state index in [0.717, 1.165) is 70.9 Å². The summed E-state index contributed by atoms with van der Waals surface area (Å²) in [6, 6.07) is 23.3. The number of aromatic nitrogens is 4. The SMILES string of the molecule is CCCc1nc(CC)n(-c2ccc(OC3CCC(O)C3)cc2)c(=O)c1Cc1ccc(-c2ccccc2-c2noc(=O)[nH]2)cc1. The lowest BCUT2D eigenvalue weighted by molar-refractivity contribution is 0.150. The summed E-state index contributed by atoms with van der Waals surface area (Å²) in [6.45, 7) is 4.11. The largest absolute Gasteiger partial charge is 0.490 e. The Morgan fingerprint density at radius 3 is 2.36 bits per heavy atom. The van der Waals surface area contributed by atoms with Crippen LogP contribution in [0.5, 0.6) is 5.75 Å². The lowest BCUT2D eigenvalue weighted by Crippen LogP contribution is -2.29. The van der Waals surface area contributed by atoms with Gasteiger partial charge >= 0.3 is 5.76 Å². The van der Waals surface area contributed by atoms with Gasteiger partial charge in [0, 0.05) is 30.4 Å². The fourth-order valence-corrected chi connectivity index (χ4v) is 5.96. The van der Waals surface area contributed by atoms with Crippen molar-refractivity contribution in [2.75, 3.05) is 0 Å². The molecule has 2 aromatic heterocycles. The Morgan fingerprint density at radius 1 is 0.977 bits per heavy atom. The Labute approximate surface area is 255 Å². The summed E-state index contributed by atoms with van der Waals surface area (Å²) in [5, 5.41) is 13.7. The summed E-state index contributed by atoms with van der Waals surface area (Å²) >= 11 is 0. The molecule has 1 aliphatic rings. The minimum absolute atomic E-state index is 0.0117. The van der Waals surface area contributed by atoms with Crippen LogP contribution in [0.2, 0.25) is 0 Å². The average molecular weight is 593 g/mol. The molecule has 2 unspecified atom stereocenters. The molecule has 1 aliphatic carbocycles. The van der Waals surface area contributed by atoms with Gasteiger partial charge in [0.05, 0.1) is 17.5 Å². The molecule has 1 fully saturated rings. The van der Waals surface area contributed by atoms with Gasteiger partial charge in [0.1, 0.15) is 17.7 Å². The summed E-state index contributed by atoms with van der Waals surface area (Å²) < 4.78 is 12.5. The Kier molecular flexibility index (Phi) is 8.56. The molecule has 0 aliphatic heterocycles. The fraction of sp³-hybridized carbons (Fsp3) is 0.314. The number of aliphatic hydroxyl groups excluding tert-OH is 1. The summed E-state index contributed by atoms with van der Waals surface area (Å²) in [4.78, 5) is 33.3. The number of aromatic amines is 1. The highest BCUT2D eigenvalue weighted by Gasteiger charge is 2.24. The maximum atomic E-state index is 14.2. The van der Waals surface area contributed by atoms with Gasteiger partial charge in [-0.2, -0.15) is 0 Å². The van der Waals surface area contributed by atoms with Crippen LogP contribution in [0.4, 0.5) is 0 Å². The quantitative estimate of drug-likeness (QED) is 0.215. The van der Waals surface area contributed by atoms with Crippen LogP contribution in [0.3, 0.4) is 0 Å². The minimum Gasteiger partial charge on any atom is -0.490 e. The first-order chi connectivity index (χ1) is 21.4. The number of aryl methyl sites for hydroxylation is 2. The van der Waals surface area contributed by atoms with Crippen molar-refractivity contribution in [1.29, 1.82) is 0 Å². The second-order valence-electron chi connectivity index (χ2n) is 11.3. The molecule has 1 saturated carbocycles. The van der Waals surface area contributed by atoms with Gasteiger partial charge in [0.2, 0.25) is 0 Å². The zero-order chi connectivity index (χ0) is 30.6. The standard InChI is InChI=1S/C35H36N4O5/c1-3-7-31-30(20-22-10-12-23(13-11-22)28-8-5-6-9-29(28)33-37-35(42)44-38-33)34(41)39(32(4-2)36-31)24-14-17-26(18-15-24)43-27-19-16-25(40)21-27/h5-6,8-15,17-18,25,27,40H,3-4,7,16,19-21H2,1-2H3,(H,37,38,42). The van der Waals surface area contributed by atoms with E-state index in [-0.39, 0.29) is 17.8 Å². The number of hydrogen-bond acceptors (Lipinski definition) is 7. The van der Waals surface area contributed by atoms with E-state index < -0.39 is 5.76 Å². The third-order valence-corrected chi connectivity index (χ3v) is 8.16. The van der Waals surface area contributed by atoms with Crippen molar-refractivity contribution in [2.45, 2.75) is 71.0 Å². The van der Waals surface area contributed by atoms with E-state index in [2.05, 4.69) is 17.1 Å². The topological polar surface area (TPSA) is 123 Å². The van der Waals surface area contributed by atoms with E-state index in [0.29, 0.717) is 30.7 Å². The summed E-state index contributed by atoms with van der Waals surface area (Å²) in [5.74, 6) is 1.23. The first kappa shape index (κ1) is 29.3. The van der Waals surface area contributed by atoms with Crippen LogP contribution in [0.25, 0.3) is 28.2 Å². The number of ether oxygens (including phenoxy) is 1. The van der Waals surface area contributed by atoms with Crippen molar-refractivity contribution in [3.05, 3.63) is 116 Å². The fourth-order valence-electron chi connectivity index (χ4n) is 5.96. The van der Waals surface area contributed by atoms with Gasteiger partial charge in [0.25, 0.3) is 5.56 Å². The molecule has 2 N–H and O–H groups in total. The van der Waals surface area contributed by atoms with Gasteiger partial charge in [-0.1, -0.05) is 74.0 Å². The van der Waals surface area contributed by atoms with Crippen LogP contribution >= 0.6 is 0 Å². The molecule has 0 radical (unpaired) electrons. The number of nitrogens with zero attached hydrogens (tertiary/aromatic N) is 3. The minimum atomic E-state index is -0.601. The Balaban J connectivity index is 1.30. The number of aliphatic hydroxyl groups is 1. The van der Waals surface area contributed by atoms with Gasteiger partial charge in [-0.25, -0.2) is 9.78 Å². The van der Waals surface area contributed by atoms with Gasteiger partial charge in [-0.15, -0.1) is 0 Å². The number of nitrogens with one attached hydrogen (secondary N) is 1. The molecule has 5 aromatic rings. The molecule has 2 heterocycles. The molecular formula is C35H36N4O5. The third kappa shape index (κ3) is 6.14. The molecule has 9 nitrogen and oxygen atoms in total. The molecule has 3 aromatic carbocycles. The first-order valence-electron chi connectivity index (χ1n) is 15.3. The van der Waals surface area contributed by atoms with E-state index in [4.69, 9.17) is 14.2 Å². The van der Waals surface area contributed by atoms with E-state index in [9.17, 15) is 14.7 Å². The van der Waals surface area contributed by atoms with Crippen LogP contribution in [0.15, 0.2) is 86.9 Å². The molecule has 9 heteroatoms. The highest BCUT2D eigenvalue weighted by atomic mass is 16.5. The van der Waals surface area contributed by atoms with Crippen LogP contribution in [-0.4, -0.2) is 37.0 Å². The van der Waals surface area contributed by atoms with Gasteiger partial charge < -0.3 is 9.84 Å².